The highest BCUT2D eigenvalue weighted by Crippen LogP contribution is 2.21. The van der Waals surface area contributed by atoms with Crippen LogP contribution in [0.25, 0.3) is 0 Å². The van der Waals surface area contributed by atoms with Gasteiger partial charge in [0.25, 0.3) is 0 Å². The van der Waals surface area contributed by atoms with Crippen molar-refractivity contribution in [3.63, 3.8) is 0 Å². The Morgan fingerprint density at radius 3 is 2.71 bits per heavy atom. The number of rotatable bonds is 3. The Morgan fingerprint density at radius 1 is 1.43 bits per heavy atom. The van der Waals surface area contributed by atoms with Crippen molar-refractivity contribution in [2.75, 3.05) is 0 Å². The van der Waals surface area contributed by atoms with Crippen LogP contribution in [0.15, 0.2) is 18.2 Å². The van der Waals surface area contributed by atoms with Crippen LogP contribution < -0.4 is 4.89 Å². The van der Waals surface area contributed by atoms with E-state index in [0.29, 0.717) is 5.75 Å². The third-order valence-corrected chi connectivity index (χ3v) is 2.03. The molecule has 0 aliphatic carbocycles. The van der Waals surface area contributed by atoms with Crippen LogP contribution >= 0.6 is 0 Å². The summed E-state index contributed by atoms with van der Waals surface area (Å²) in [5.74, 6) is 0.144. The molecule has 0 radical (unpaired) electrons. The third-order valence-electron chi connectivity index (χ3n) is 2.03. The smallest absolute Gasteiger partial charge is 0.287 e. The molecule has 0 bridgehead atoms. The molecule has 1 aromatic rings. The molecule has 0 heterocycles. The molecule has 0 saturated heterocycles. The summed E-state index contributed by atoms with van der Waals surface area (Å²) in [6.07, 6.45) is 0.934. The predicted octanol–water partition coefficient (Wildman–Crippen LogP) is 2.41. The summed E-state index contributed by atoms with van der Waals surface area (Å²) in [6, 6.07) is 5.68. The van der Waals surface area contributed by atoms with Crippen LogP contribution in [-0.2, 0) is 16.1 Å². The van der Waals surface area contributed by atoms with E-state index in [4.69, 9.17) is 4.89 Å². The monoisotopic (exact) mass is 194 g/mol. The maximum Gasteiger partial charge on any atom is 0.352 e. The van der Waals surface area contributed by atoms with Crippen LogP contribution in [0, 0.1) is 6.92 Å². The number of carbonyl (C=O) groups is 1. The summed E-state index contributed by atoms with van der Waals surface area (Å²) in [5.41, 5.74) is 2.20. The lowest BCUT2D eigenvalue weighted by atomic mass is 10.1. The van der Waals surface area contributed by atoms with E-state index in [1.54, 1.807) is 6.07 Å². The number of hydrogen-bond acceptors (Lipinski definition) is 3. The molecule has 0 aliphatic rings. The summed E-state index contributed by atoms with van der Waals surface area (Å²) < 4.78 is 0. The Bertz CT molecular complexity index is 331. The van der Waals surface area contributed by atoms with Gasteiger partial charge >= 0.3 is 5.97 Å². The van der Waals surface area contributed by atoms with Crippen molar-refractivity contribution in [1.29, 1.82) is 0 Å². The molecule has 0 fully saturated rings. The van der Waals surface area contributed by atoms with Gasteiger partial charge in [-0.05, 0) is 30.5 Å². The van der Waals surface area contributed by atoms with Gasteiger partial charge in [0.2, 0.25) is 0 Å². The minimum Gasteiger partial charge on any atom is -0.287 e. The van der Waals surface area contributed by atoms with E-state index in [-0.39, 0.29) is 0 Å². The van der Waals surface area contributed by atoms with Crippen LogP contribution in [0.1, 0.15) is 25.0 Å². The highest BCUT2D eigenvalue weighted by atomic mass is 17.2. The Balaban J connectivity index is 2.81. The lowest BCUT2D eigenvalue weighted by Gasteiger charge is -2.08. The van der Waals surface area contributed by atoms with Gasteiger partial charge in [-0.2, -0.15) is 0 Å². The fourth-order valence-corrected chi connectivity index (χ4v) is 1.24. The molecule has 1 aromatic carbocycles. The van der Waals surface area contributed by atoms with E-state index in [9.17, 15) is 4.79 Å². The first-order valence-corrected chi connectivity index (χ1v) is 4.58. The summed E-state index contributed by atoms with van der Waals surface area (Å²) in [4.78, 5) is 19.9. The van der Waals surface area contributed by atoms with E-state index in [0.717, 1.165) is 12.0 Å². The lowest BCUT2D eigenvalue weighted by molar-refractivity contribution is -0.211. The fraction of sp³-hybridized carbons (Fsp3) is 0.364. The molecule has 76 valence electrons. The highest BCUT2D eigenvalue weighted by Gasteiger charge is 2.05. The summed E-state index contributed by atoms with van der Waals surface area (Å²) in [5, 5.41) is 0. The molecule has 14 heavy (non-hydrogen) atoms. The van der Waals surface area contributed by atoms with E-state index in [1.807, 2.05) is 19.1 Å². The van der Waals surface area contributed by atoms with Crippen LogP contribution in [0.3, 0.4) is 0 Å². The molecule has 0 atom stereocenters. The molecule has 0 aromatic heterocycles. The maximum absolute atomic E-state index is 10.5. The molecule has 1 rings (SSSR count). The standard InChI is InChI=1S/C11H14O3/c1-4-10-6-5-7-11(8(10)2)14-13-9(3)12/h5-7H,4H2,1-3H3. The van der Waals surface area contributed by atoms with Crippen LogP contribution in [0.5, 0.6) is 5.75 Å². The Morgan fingerprint density at radius 2 is 2.14 bits per heavy atom. The van der Waals surface area contributed by atoms with Crippen LogP contribution in [0.2, 0.25) is 0 Å². The van der Waals surface area contributed by atoms with Gasteiger partial charge in [-0.25, -0.2) is 4.79 Å². The second-order valence-corrected chi connectivity index (χ2v) is 3.05. The van der Waals surface area contributed by atoms with E-state index >= 15 is 0 Å². The number of hydrogen-bond donors (Lipinski definition) is 0. The average molecular weight is 194 g/mol. The van der Waals surface area contributed by atoms with E-state index in [2.05, 4.69) is 11.8 Å². The molecule has 3 heteroatoms. The van der Waals surface area contributed by atoms with Crippen molar-refractivity contribution in [2.24, 2.45) is 0 Å². The van der Waals surface area contributed by atoms with Crippen molar-refractivity contribution in [2.45, 2.75) is 27.2 Å². The lowest BCUT2D eigenvalue weighted by Crippen LogP contribution is -2.04. The van der Waals surface area contributed by atoms with Gasteiger partial charge in [-0.15, -0.1) is 0 Å². The van der Waals surface area contributed by atoms with Gasteiger partial charge in [0, 0.05) is 6.92 Å². The van der Waals surface area contributed by atoms with Gasteiger partial charge in [0.05, 0.1) is 0 Å². The largest absolute Gasteiger partial charge is 0.352 e. The Hall–Kier alpha value is -1.51. The van der Waals surface area contributed by atoms with Crippen LogP contribution in [0.4, 0.5) is 0 Å². The molecule has 0 amide bonds. The second-order valence-electron chi connectivity index (χ2n) is 3.05. The van der Waals surface area contributed by atoms with Crippen molar-refractivity contribution >= 4 is 5.97 Å². The third kappa shape index (κ3) is 2.49. The second kappa shape index (κ2) is 4.65. The normalized spacial score (nSPS) is 9.64. The van der Waals surface area contributed by atoms with Gasteiger partial charge in [-0.3, -0.25) is 9.78 Å². The zero-order chi connectivity index (χ0) is 10.6. The van der Waals surface area contributed by atoms with Gasteiger partial charge in [0.1, 0.15) is 0 Å². The topological polar surface area (TPSA) is 35.5 Å². The minimum absolute atomic E-state index is 0.452. The highest BCUT2D eigenvalue weighted by molar-refractivity contribution is 5.65. The van der Waals surface area contributed by atoms with Crippen LogP contribution in [-0.4, -0.2) is 5.97 Å². The molecular weight excluding hydrogens is 180 g/mol. The predicted molar refractivity (Wildman–Crippen MR) is 53.0 cm³/mol. The molecule has 0 N–H and O–H groups in total. The Labute approximate surface area is 83.6 Å². The SMILES string of the molecule is CCc1cccc(OOC(C)=O)c1C. The van der Waals surface area contributed by atoms with Gasteiger partial charge < -0.3 is 0 Å². The zero-order valence-electron chi connectivity index (χ0n) is 8.66. The van der Waals surface area contributed by atoms with Crippen molar-refractivity contribution in [3.8, 4) is 5.75 Å². The molecule has 0 aliphatic heterocycles. The first-order chi connectivity index (χ1) is 6.65. The molecule has 0 saturated carbocycles. The molecule has 3 nitrogen and oxygen atoms in total. The van der Waals surface area contributed by atoms with E-state index < -0.39 is 5.97 Å². The first kappa shape index (κ1) is 10.6. The number of aryl methyl sites for hydroxylation is 1. The number of carbonyl (C=O) groups excluding carboxylic acids is 1. The summed E-state index contributed by atoms with van der Waals surface area (Å²) in [7, 11) is 0. The average Bonchev–Trinajstić information content (AvgIpc) is 2.16. The quantitative estimate of drug-likeness (QED) is 0.547. The number of benzene rings is 1. The Kier molecular flexibility index (Phi) is 3.51. The molecule has 0 spiro atoms. The van der Waals surface area contributed by atoms with E-state index in [1.165, 1.54) is 12.5 Å². The fourth-order valence-electron chi connectivity index (χ4n) is 1.24. The summed E-state index contributed by atoms with van der Waals surface area (Å²) in [6.45, 7) is 5.31. The molecule has 0 unspecified atom stereocenters. The maximum atomic E-state index is 10.5. The van der Waals surface area contributed by atoms with Crippen molar-refractivity contribution < 1.29 is 14.6 Å². The van der Waals surface area contributed by atoms with Crippen molar-refractivity contribution in [1.82, 2.24) is 0 Å². The molecular formula is C11H14O3. The van der Waals surface area contributed by atoms with Gasteiger partial charge in [-0.1, -0.05) is 19.1 Å². The van der Waals surface area contributed by atoms with Crippen molar-refractivity contribution in [3.05, 3.63) is 29.3 Å². The van der Waals surface area contributed by atoms with Gasteiger partial charge in [0.15, 0.2) is 5.75 Å². The zero-order valence-corrected chi connectivity index (χ0v) is 8.66. The first-order valence-electron chi connectivity index (χ1n) is 4.58. The summed E-state index contributed by atoms with van der Waals surface area (Å²) >= 11 is 0. The minimum atomic E-state index is -0.452.